The summed E-state index contributed by atoms with van der Waals surface area (Å²) in [5.41, 5.74) is 0.865. The summed E-state index contributed by atoms with van der Waals surface area (Å²) in [4.78, 5) is 10.8. The quantitative estimate of drug-likeness (QED) is 0.714. The molecule has 0 unspecified atom stereocenters. The third-order valence-electron chi connectivity index (χ3n) is 1.88. The zero-order valence-electron chi connectivity index (χ0n) is 7.80. The van der Waals surface area contributed by atoms with E-state index in [1.165, 1.54) is 12.1 Å². The smallest absolute Gasteiger partial charge is 0.181 e. The summed E-state index contributed by atoms with van der Waals surface area (Å²) in [6.07, 6.45) is 3.46. The molecule has 0 fully saturated rings. The van der Waals surface area contributed by atoms with Crippen molar-refractivity contribution in [2.45, 2.75) is 13.5 Å². The van der Waals surface area contributed by atoms with Crippen LogP contribution in [0, 0.1) is 6.92 Å². The minimum Gasteiger partial charge on any atom is -0.361 e. The molecule has 0 saturated carbocycles. The third-order valence-corrected chi connectivity index (χ3v) is 1.88. The van der Waals surface area contributed by atoms with E-state index in [0.29, 0.717) is 6.54 Å². The van der Waals surface area contributed by atoms with E-state index in [9.17, 15) is 4.79 Å². The van der Waals surface area contributed by atoms with Crippen LogP contribution in [0.1, 0.15) is 11.5 Å². The Morgan fingerprint density at radius 3 is 2.71 bits per heavy atom. The molecule has 2 aromatic heterocycles. The topological polar surface area (TPSA) is 48.0 Å². The highest BCUT2D eigenvalue weighted by Crippen LogP contribution is 2.03. The van der Waals surface area contributed by atoms with Gasteiger partial charge in [0.25, 0.3) is 0 Å². The Labute approximate surface area is 80.8 Å². The molecule has 0 N–H and O–H groups in total. The first kappa shape index (κ1) is 8.74. The largest absolute Gasteiger partial charge is 0.361 e. The molecule has 2 aromatic rings. The predicted molar refractivity (Wildman–Crippen MR) is 51.0 cm³/mol. The second kappa shape index (κ2) is 3.49. The lowest BCUT2D eigenvalue weighted by molar-refractivity contribution is 0.389. The maximum absolute atomic E-state index is 10.8. The molecule has 14 heavy (non-hydrogen) atoms. The lowest BCUT2D eigenvalue weighted by Crippen LogP contribution is -2.04. The van der Waals surface area contributed by atoms with Gasteiger partial charge in [-0.05, 0) is 6.92 Å². The zero-order chi connectivity index (χ0) is 9.97. The van der Waals surface area contributed by atoms with E-state index in [0.717, 1.165) is 11.5 Å². The molecular formula is C10H10N2O2. The number of hydrogen-bond donors (Lipinski definition) is 0. The van der Waals surface area contributed by atoms with Crippen LogP contribution in [0.25, 0.3) is 0 Å². The molecule has 0 spiro atoms. The van der Waals surface area contributed by atoms with Crippen LogP contribution in [0.5, 0.6) is 0 Å². The highest BCUT2D eigenvalue weighted by atomic mass is 16.5. The Balaban J connectivity index is 2.19. The maximum Gasteiger partial charge on any atom is 0.181 e. The van der Waals surface area contributed by atoms with Gasteiger partial charge < -0.3 is 9.09 Å². The summed E-state index contributed by atoms with van der Waals surface area (Å²) >= 11 is 0. The van der Waals surface area contributed by atoms with E-state index in [1.54, 1.807) is 12.4 Å². The van der Waals surface area contributed by atoms with E-state index in [-0.39, 0.29) is 5.43 Å². The summed E-state index contributed by atoms with van der Waals surface area (Å²) in [5, 5.41) is 3.86. The first-order valence-electron chi connectivity index (χ1n) is 4.32. The molecule has 0 aliphatic rings. The number of rotatable bonds is 2. The SMILES string of the molecule is Cc1cc(Cn2ccc(=O)cc2)no1. The molecule has 72 valence electrons. The van der Waals surface area contributed by atoms with Gasteiger partial charge in [0.15, 0.2) is 5.43 Å². The molecule has 0 aromatic carbocycles. The third kappa shape index (κ3) is 1.90. The molecule has 4 heteroatoms. The van der Waals surface area contributed by atoms with Gasteiger partial charge in [-0.25, -0.2) is 0 Å². The number of nitrogens with zero attached hydrogens (tertiary/aromatic N) is 2. The van der Waals surface area contributed by atoms with Crippen LogP contribution in [-0.2, 0) is 6.54 Å². The fraction of sp³-hybridized carbons (Fsp3) is 0.200. The number of hydrogen-bond acceptors (Lipinski definition) is 3. The molecule has 0 aliphatic carbocycles. The molecule has 0 saturated heterocycles. The second-order valence-corrected chi connectivity index (χ2v) is 3.14. The molecular weight excluding hydrogens is 180 g/mol. The Morgan fingerprint density at radius 2 is 2.14 bits per heavy atom. The number of aromatic nitrogens is 2. The molecule has 4 nitrogen and oxygen atoms in total. The van der Waals surface area contributed by atoms with Crippen LogP contribution in [-0.4, -0.2) is 9.72 Å². The van der Waals surface area contributed by atoms with Crippen molar-refractivity contribution in [1.29, 1.82) is 0 Å². The minimum atomic E-state index is 0.0117. The first-order valence-corrected chi connectivity index (χ1v) is 4.32. The van der Waals surface area contributed by atoms with Gasteiger partial charge in [0, 0.05) is 30.6 Å². The molecule has 0 bridgehead atoms. The van der Waals surface area contributed by atoms with Gasteiger partial charge in [-0.1, -0.05) is 5.16 Å². The lowest BCUT2D eigenvalue weighted by atomic mass is 10.3. The van der Waals surface area contributed by atoms with E-state index in [2.05, 4.69) is 5.16 Å². The van der Waals surface area contributed by atoms with Crippen molar-refractivity contribution >= 4 is 0 Å². The number of pyridine rings is 1. The standard InChI is InChI=1S/C10H10N2O2/c1-8-6-9(11-14-8)7-12-4-2-10(13)3-5-12/h2-6H,7H2,1H3. The van der Waals surface area contributed by atoms with Crippen molar-refractivity contribution in [2.75, 3.05) is 0 Å². The fourth-order valence-electron chi connectivity index (χ4n) is 1.23. The highest BCUT2D eigenvalue weighted by molar-refractivity contribution is 5.05. The van der Waals surface area contributed by atoms with E-state index in [4.69, 9.17) is 4.52 Å². The highest BCUT2D eigenvalue weighted by Gasteiger charge is 1.99. The van der Waals surface area contributed by atoms with Crippen molar-refractivity contribution in [1.82, 2.24) is 9.72 Å². The Hall–Kier alpha value is -1.84. The van der Waals surface area contributed by atoms with Crippen molar-refractivity contribution in [3.05, 3.63) is 52.3 Å². The first-order chi connectivity index (χ1) is 6.74. The van der Waals surface area contributed by atoms with E-state index < -0.39 is 0 Å². The molecule has 0 amide bonds. The zero-order valence-corrected chi connectivity index (χ0v) is 7.80. The average molecular weight is 190 g/mol. The predicted octanol–water partition coefficient (Wildman–Crippen LogP) is 1.19. The molecule has 0 aliphatic heterocycles. The van der Waals surface area contributed by atoms with Gasteiger partial charge in [-0.2, -0.15) is 0 Å². The Morgan fingerprint density at radius 1 is 1.43 bits per heavy atom. The van der Waals surface area contributed by atoms with E-state index in [1.807, 2.05) is 17.6 Å². The Bertz CT molecular complexity index is 464. The van der Waals surface area contributed by atoms with Gasteiger partial charge in [0.05, 0.1) is 6.54 Å². The number of aryl methyl sites for hydroxylation is 1. The minimum absolute atomic E-state index is 0.0117. The van der Waals surface area contributed by atoms with Crippen LogP contribution >= 0.6 is 0 Å². The molecule has 0 atom stereocenters. The van der Waals surface area contributed by atoms with E-state index >= 15 is 0 Å². The Kier molecular flexibility index (Phi) is 2.18. The van der Waals surface area contributed by atoms with Gasteiger partial charge in [-0.15, -0.1) is 0 Å². The summed E-state index contributed by atoms with van der Waals surface area (Å²) in [6.45, 7) is 2.47. The maximum atomic E-state index is 10.8. The second-order valence-electron chi connectivity index (χ2n) is 3.14. The summed E-state index contributed by atoms with van der Waals surface area (Å²) in [6, 6.07) is 4.91. The summed E-state index contributed by atoms with van der Waals surface area (Å²) in [7, 11) is 0. The van der Waals surface area contributed by atoms with Crippen LogP contribution in [0.4, 0.5) is 0 Å². The van der Waals surface area contributed by atoms with Crippen LogP contribution in [0.3, 0.4) is 0 Å². The molecule has 2 rings (SSSR count). The van der Waals surface area contributed by atoms with Crippen molar-refractivity contribution in [2.24, 2.45) is 0 Å². The summed E-state index contributed by atoms with van der Waals surface area (Å²) in [5.74, 6) is 0.793. The van der Waals surface area contributed by atoms with Gasteiger partial charge >= 0.3 is 0 Å². The van der Waals surface area contributed by atoms with Crippen LogP contribution in [0.2, 0.25) is 0 Å². The molecule has 0 radical (unpaired) electrons. The average Bonchev–Trinajstić information content (AvgIpc) is 2.56. The monoisotopic (exact) mass is 190 g/mol. The van der Waals surface area contributed by atoms with Crippen molar-refractivity contribution < 1.29 is 4.52 Å². The fourth-order valence-corrected chi connectivity index (χ4v) is 1.23. The van der Waals surface area contributed by atoms with Crippen LogP contribution < -0.4 is 5.43 Å². The van der Waals surface area contributed by atoms with Gasteiger partial charge in [-0.3, -0.25) is 4.79 Å². The lowest BCUT2D eigenvalue weighted by Gasteiger charge is -2.00. The summed E-state index contributed by atoms with van der Waals surface area (Å²) < 4.78 is 6.81. The molecule has 2 heterocycles. The van der Waals surface area contributed by atoms with Gasteiger partial charge in [0.2, 0.25) is 0 Å². The van der Waals surface area contributed by atoms with Gasteiger partial charge in [0.1, 0.15) is 11.5 Å². The van der Waals surface area contributed by atoms with Crippen molar-refractivity contribution in [3.63, 3.8) is 0 Å². The van der Waals surface area contributed by atoms with Crippen molar-refractivity contribution in [3.8, 4) is 0 Å². The normalized spacial score (nSPS) is 10.4. The van der Waals surface area contributed by atoms with Crippen LogP contribution in [0.15, 0.2) is 39.9 Å².